The highest BCUT2D eigenvalue weighted by Gasteiger charge is 2.49. The van der Waals surface area contributed by atoms with Crippen LogP contribution in [-0.4, -0.2) is 31.0 Å². The first-order valence-electron chi connectivity index (χ1n) is 9.25. The Morgan fingerprint density at radius 2 is 1.57 bits per heavy atom. The first kappa shape index (κ1) is 16.7. The van der Waals surface area contributed by atoms with Crippen molar-refractivity contribution in [3.63, 3.8) is 0 Å². The number of aromatic carboxylic acids is 1. The zero-order chi connectivity index (χ0) is 19.6. The number of aromatic hydroxyl groups is 3. The van der Waals surface area contributed by atoms with Gasteiger partial charge in [-0.3, -0.25) is 4.57 Å². The molecule has 1 fully saturated rings. The van der Waals surface area contributed by atoms with E-state index in [9.17, 15) is 25.2 Å². The van der Waals surface area contributed by atoms with Crippen LogP contribution in [-0.2, 0) is 0 Å². The lowest BCUT2D eigenvalue weighted by Crippen LogP contribution is -2.07. The Balaban J connectivity index is 1.63. The highest BCUT2D eigenvalue weighted by molar-refractivity contribution is 5.91. The SMILES string of the molecule is O=C(O)c1cc(-n2c(O)c3c(c2O)C2CC3CC2c2ccccc2)ccc1O. The molecule has 6 heteroatoms. The molecule has 28 heavy (non-hydrogen) atoms. The van der Waals surface area contributed by atoms with Crippen molar-refractivity contribution >= 4 is 5.97 Å². The third kappa shape index (κ3) is 2.17. The summed E-state index contributed by atoms with van der Waals surface area (Å²) in [6.45, 7) is 0. The monoisotopic (exact) mass is 377 g/mol. The Labute approximate surface area is 160 Å². The molecule has 2 aromatic carbocycles. The van der Waals surface area contributed by atoms with Gasteiger partial charge < -0.3 is 20.4 Å². The van der Waals surface area contributed by atoms with Gasteiger partial charge in [-0.1, -0.05) is 30.3 Å². The smallest absolute Gasteiger partial charge is 0.339 e. The van der Waals surface area contributed by atoms with E-state index in [-0.39, 0.29) is 40.8 Å². The summed E-state index contributed by atoms with van der Waals surface area (Å²) in [7, 11) is 0. The first-order chi connectivity index (χ1) is 13.5. The quantitative estimate of drug-likeness (QED) is 0.551. The number of phenols is 1. The van der Waals surface area contributed by atoms with Gasteiger partial charge in [0.15, 0.2) is 0 Å². The van der Waals surface area contributed by atoms with Crippen LogP contribution < -0.4 is 0 Å². The van der Waals surface area contributed by atoms with Gasteiger partial charge in [-0.15, -0.1) is 0 Å². The average Bonchev–Trinajstić information content (AvgIpc) is 3.35. The summed E-state index contributed by atoms with van der Waals surface area (Å²) < 4.78 is 1.28. The van der Waals surface area contributed by atoms with E-state index in [1.807, 2.05) is 18.2 Å². The number of carbonyl (C=O) groups is 1. The van der Waals surface area contributed by atoms with Gasteiger partial charge in [0.25, 0.3) is 0 Å². The molecule has 3 aromatic rings. The number of benzene rings is 2. The summed E-state index contributed by atoms with van der Waals surface area (Å²) in [4.78, 5) is 11.3. The van der Waals surface area contributed by atoms with Crippen molar-refractivity contribution in [1.82, 2.24) is 4.57 Å². The number of fused-ring (bicyclic) bond motifs is 5. The zero-order valence-corrected chi connectivity index (χ0v) is 14.9. The molecule has 5 rings (SSSR count). The Bertz CT molecular complexity index is 1100. The highest BCUT2D eigenvalue weighted by Crippen LogP contribution is 2.65. The van der Waals surface area contributed by atoms with Gasteiger partial charge in [-0.25, -0.2) is 4.79 Å². The van der Waals surface area contributed by atoms with Crippen molar-refractivity contribution in [3.05, 3.63) is 70.8 Å². The number of aromatic nitrogens is 1. The summed E-state index contributed by atoms with van der Waals surface area (Å²) >= 11 is 0. The van der Waals surface area contributed by atoms with E-state index >= 15 is 0 Å². The number of carboxylic acid groups (broad SMARTS) is 1. The molecule has 142 valence electrons. The standard InChI is InChI=1S/C22H19NO5/c24-17-7-6-13(10-16(17)22(27)28)23-20(25)18-12-8-14(11-4-2-1-3-5-11)15(9-12)19(18)21(23)26/h1-7,10,12,14-15,24-26H,8-9H2,(H,27,28). The minimum Gasteiger partial charge on any atom is -0.507 e. The van der Waals surface area contributed by atoms with E-state index in [0.717, 1.165) is 24.0 Å². The minimum atomic E-state index is -1.28. The molecule has 2 aliphatic carbocycles. The molecule has 0 radical (unpaired) electrons. The third-order valence-corrected chi connectivity index (χ3v) is 6.23. The average molecular weight is 377 g/mol. The normalized spacial score (nSPS) is 22.4. The molecule has 0 amide bonds. The summed E-state index contributed by atoms with van der Waals surface area (Å²) in [5.41, 5.74) is 2.77. The van der Waals surface area contributed by atoms with E-state index < -0.39 is 5.97 Å². The molecule has 0 saturated heterocycles. The van der Waals surface area contributed by atoms with Crippen molar-refractivity contribution in [2.45, 2.75) is 30.6 Å². The number of nitrogens with zero attached hydrogens (tertiary/aromatic N) is 1. The Morgan fingerprint density at radius 3 is 2.29 bits per heavy atom. The second-order valence-electron chi connectivity index (χ2n) is 7.61. The number of carboxylic acids is 1. The molecule has 0 spiro atoms. The summed E-state index contributed by atoms with van der Waals surface area (Å²) in [5.74, 6) is -1.18. The summed E-state index contributed by atoms with van der Waals surface area (Å²) in [6.07, 6.45) is 1.80. The number of rotatable bonds is 3. The Kier molecular flexibility index (Phi) is 3.46. The lowest BCUT2D eigenvalue weighted by Gasteiger charge is -2.22. The molecule has 3 unspecified atom stereocenters. The second-order valence-corrected chi connectivity index (χ2v) is 7.61. The van der Waals surface area contributed by atoms with Crippen LogP contribution in [0.15, 0.2) is 48.5 Å². The lowest BCUT2D eigenvalue weighted by molar-refractivity contribution is 0.0693. The molecule has 4 N–H and O–H groups in total. The van der Waals surface area contributed by atoms with E-state index in [0.29, 0.717) is 5.69 Å². The van der Waals surface area contributed by atoms with Crippen LogP contribution in [0.4, 0.5) is 0 Å². The molecular weight excluding hydrogens is 358 g/mol. The van der Waals surface area contributed by atoms with Gasteiger partial charge in [0.05, 0.1) is 5.69 Å². The van der Waals surface area contributed by atoms with Crippen molar-refractivity contribution in [3.8, 4) is 23.2 Å². The van der Waals surface area contributed by atoms with Crippen LogP contribution in [0.5, 0.6) is 17.5 Å². The van der Waals surface area contributed by atoms with Gasteiger partial charge in [0, 0.05) is 11.1 Å². The van der Waals surface area contributed by atoms with Gasteiger partial charge in [0.2, 0.25) is 11.8 Å². The summed E-state index contributed by atoms with van der Waals surface area (Å²) in [6, 6.07) is 14.2. The molecule has 1 aromatic heterocycles. The molecule has 3 atom stereocenters. The van der Waals surface area contributed by atoms with Crippen molar-refractivity contribution < 1.29 is 25.2 Å². The molecule has 2 aliphatic rings. The maximum atomic E-state index is 11.3. The summed E-state index contributed by atoms with van der Waals surface area (Å²) in [5, 5.41) is 40.8. The highest BCUT2D eigenvalue weighted by atomic mass is 16.4. The van der Waals surface area contributed by atoms with Crippen LogP contribution in [0, 0.1) is 0 Å². The fourth-order valence-electron chi connectivity index (χ4n) is 5.09. The van der Waals surface area contributed by atoms with Gasteiger partial charge in [0.1, 0.15) is 11.3 Å². The van der Waals surface area contributed by atoms with Crippen molar-refractivity contribution in [2.75, 3.05) is 0 Å². The topological polar surface area (TPSA) is 103 Å². The van der Waals surface area contributed by atoms with E-state index in [1.54, 1.807) is 0 Å². The molecule has 1 saturated carbocycles. The second kappa shape index (κ2) is 5.79. The largest absolute Gasteiger partial charge is 0.507 e. The maximum Gasteiger partial charge on any atom is 0.339 e. The molecule has 2 bridgehead atoms. The predicted molar refractivity (Wildman–Crippen MR) is 102 cm³/mol. The van der Waals surface area contributed by atoms with Crippen LogP contribution >= 0.6 is 0 Å². The molecule has 1 heterocycles. The van der Waals surface area contributed by atoms with E-state index in [2.05, 4.69) is 12.1 Å². The Hall–Kier alpha value is -3.41. The fourth-order valence-corrected chi connectivity index (χ4v) is 5.09. The fraction of sp³-hybridized carbons (Fsp3) is 0.227. The van der Waals surface area contributed by atoms with Gasteiger partial charge in [-0.05, 0) is 54.4 Å². The third-order valence-electron chi connectivity index (χ3n) is 6.23. The van der Waals surface area contributed by atoms with E-state index in [4.69, 9.17) is 0 Å². The lowest BCUT2D eigenvalue weighted by atomic mass is 9.81. The van der Waals surface area contributed by atoms with E-state index in [1.165, 1.54) is 28.3 Å². The minimum absolute atomic E-state index is 0.0476. The molecule has 6 nitrogen and oxygen atoms in total. The van der Waals surface area contributed by atoms with Crippen LogP contribution in [0.1, 0.15) is 57.6 Å². The van der Waals surface area contributed by atoms with Crippen LogP contribution in [0.3, 0.4) is 0 Å². The first-order valence-corrected chi connectivity index (χ1v) is 9.25. The Morgan fingerprint density at radius 1 is 0.893 bits per heavy atom. The van der Waals surface area contributed by atoms with Crippen molar-refractivity contribution in [2.24, 2.45) is 0 Å². The van der Waals surface area contributed by atoms with Gasteiger partial charge >= 0.3 is 5.97 Å². The zero-order valence-electron chi connectivity index (χ0n) is 14.9. The van der Waals surface area contributed by atoms with Crippen LogP contribution in [0.25, 0.3) is 5.69 Å². The van der Waals surface area contributed by atoms with Gasteiger partial charge in [-0.2, -0.15) is 0 Å². The number of hydrogen-bond acceptors (Lipinski definition) is 4. The van der Waals surface area contributed by atoms with Crippen molar-refractivity contribution in [1.29, 1.82) is 0 Å². The molecule has 0 aliphatic heterocycles. The number of hydrogen-bond donors (Lipinski definition) is 4. The van der Waals surface area contributed by atoms with Crippen LogP contribution in [0.2, 0.25) is 0 Å². The predicted octanol–water partition coefficient (Wildman–Crippen LogP) is 4.05. The maximum absolute atomic E-state index is 11.3. The molecular formula is C22H19NO5.